The number of hydrogen-bond donors (Lipinski definition) is 0. The number of alkyl halides is 1. The predicted molar refractivity (Wildman–Crippen MR) is 69.3 cm³/mol. The van der Waals surface area contributed by atoms with Crippen molar-refractivity contribution in [2.45, 2.75) is 37.9 Å². The third kappa shape index (κ3) is 2.54. The van der Waals surface area contributed by atoms with Crippen LogP contribution in [-0.2, 0) is 0 Å². The lowest BCUT2D eigenvalue weighted by Gasteiger charge is -2.22. The number of halogens is 3. The Morgan fingerprint density at radius 3 is 2.53 bits per heavy atom. The molecule has 17 heavy (non-hydrogen) atoms. The fraction of sp³-hybridized carbons (Fsp3) is 0.571. The van der Waals surface area contributed by atoms with Gasteiger partial charge in [-0.15, -0.1) is 0 Å². The van der Waals surface area contributed by atoms with Gasteiger partial charge in [0.15, 0.2) is 0 Å². The van der Waals surface area contributed by atoms with Gasteiger partial charge in [0.2, 0.25) is 0 Å². The Bertz CT molecular complexity index is 417. The first-order valence-corrected chi connectivity index (χ1v) is 7.02. The third-order valence-corrected chi connectivity index (χ3v) is 5.05. The van der Waals surface area contributed by atoms with E-state index < -0.39 is 0 Å². The van der Waals surface area contributed by atoms with Crippen molar-refractivity contribution in [3.8, 4) is 0 Å². The molecule has 0 bridgehead atoms. The molecule has 0 amide bonds. The first kappa shape index (κ1) is 13.0. The molecule has 1 fully saturated rings. The first-order chi connectivity index (χ1) is 8.00. The molecule has 0 N–H and O–H groups in total. The fourth-order valence-corrected chi connectivity index (χ4v) is 3.85. The molecule has 1 aromatic carbocycles. The fourth-order valence-electron chi connectivity index (χ4n) is 2.71. The summed E-state index contributed by atoms with van der Waals surface area (Å²) < 4.78 is 27.4. The van der Waals surface area contributed by atoms with Crippen LogP contribution in [0.25, 0.3) is 0 Å². The van der Waals surface area contributed by atoms with Crippen LogP contribution in [0.1, 0.15) is 42.1 Å². The van der Waals surface area contributed by atoms with Gasteiger partial charge in [-0.2, -0.15) is 0 Å². The third-order valence-electron chi connectivity index (χ3n) is 3.88. The molecule has 0 saturated heterocycles. The Balaban J connectivity index is 2.30. The lowest BCUT2D eigenvalue weighted by Crippen LogP contribution is -2.12. The van der Waals surface area contributed by atoms with E-state index in [4.69, 9.17) is 0 Å². The van der Waals surface area contributed by atoms with E-state index in [0.29, 0.717) is 23.0 Å². The standard InChI is InChI=1S/C14H17BrF2/c1-8-4-3-5-10(8)14(15)11-7-12(16)9(2)6-13(11)17/h6-8,10,14H,3-5H2,1-2H3. The molecule has 0 radical (unpaired) electrons. The molecule has 3 unspecified atom stereocenters. The summed E-state index contributed by atoms with van der Waals surface area (Å²) in [5, 5.41) is 0. The van der Waals surface area contributed by atoms with Crippen LogP contribution in [-0.4, -0.2) is 0 Å². The quantitative estimate of drug-likeness (QED) is 0.663. The zero-order valence-electron chi connectivity index (χ0n) is 10.1. The molecule has 2 rings (SSSR count). The minimum atomic E-state index is -0.323. The van der Waals surface area contributed by atoms with E-state index in [2.05, 4.69) is 22.9 Å². The summed E-state index contributed by atoms with van der Waals surface area (Å²) in [6.45, 7) is 3.78. The Morgan fingerprint density at radius 1 is 1.24 bits per heavy atom. The van der Waals surface area contributed by atoms with Crippen molar-refractivity contribution in [1.29, 1.82) is 0 Å². The Labute approximate surface area is 110 Å². The van der Waals surface area contributed by atoms with Gasteiger partial charge in [-0.3, -0.25) is 0 Å². The van der Waals surface area contributed by atoms with Crippen molar-refractivity contribution < 1.29 is 8.78 Å². The summed E-state index contributed by atoms with van der Waals surface area (Å²) in [5.41, 5.74) is 0.831. The molecule has 0 spiro atoms. The summed E-state index contributed by atoms with van der Waals surface area (Å²) in [6, 6.07) is 2.63. The first-order valence-electron chi connectivity index (χ1n) is 6.10. The number of aryl methyl sites for hydroxylation is 1. The summed E-state index contributed by atoms with van der Waals surface area (Å²) in [6.07, 6.45) is 3.46. The van der Waals surface area contributed by atoms with E-state index in [-0.39, 0.29) is 16.5 Å². The van der Waals surface area contributed by atoms with Crippen LogP contribution < -0.4 is 0 Å². The van der Waals surface area contributed by atoms with E-state index in [1.54, 1.807) is 6.92 Å². The number of rotatable bonds is 2. The van der Waals surface area contributed by atoms with Crippen LogP contribution in [0.3, 0.4) is 0 Å². The molecule has 3 atom stereocenters. The van der Waals surface area contributed by atoms with Gasteiger partial charge in [0.05, 0.1) is 0 Å². The topological polar surface area (TPSA) is 0 Å². The van der Waals surface area contributed by atoms with E-state index in [0.717, 1.165) is 6.42 Å². The molecule has 1 saturated carbocycles. The van der Waals surface area contributed by atoms with E-state index >= 15 is 0 Å². The monoisotopic (exact) mass is 302 g/mol. The van der Waals surface area contributed by atoms with Gasteiger partial charge < -0.3 is 0 Å². The summed E-state index contributed by atoms with van der Waals surface area (Å²) >= 11 is 3.56. The zero-order valence-corrected chi connectivity index (χ0v) is 11.7. The highest BCUT2D eigenvalue weighted by molar-refractivity contribution is 9.09. The van der Waals surface area contributed by atoms with Crippen molar-refractivity contribution in [2.24, 2.45) is 11.8 Å². The summed E-state index contributed by atoms with van der Waals surface area (Å²) in [5.74, 6) is 0.358. The van der Waals surface area contributed by atoms with Gasteiger partial charge in [-0.05, 0) is 42.9 Å². The highest BCUT2D eigenvalue weighted by atomic mass is 79.9. The van der Waals surface area contributed by atoms with Gasteiger partial charge in [0.1, 0.15) is 11.6 Å². The van der Waals surface area contributed by atoms with Crippen LogP contribution in [0.15, 0.2) is 12.1 Å². The zero-order chi connectivity index (χ0) is 12.6. The maximum absolute atomic E-state index is 13.9. The van der Waals surface area contributed by atoms with Crippen LogP contribution in [0.5, 0.6) is 0 Å². The Hall–Kier alpha value is -0.440. The van der Waals surface area contributed by atoms with Crippen molar-refractivity contribution in [3.63, 3.8) is 0 Å². The van der Waals surface area contributed by atoms with Gasteiger partial charge in [0, 0.05) is 10.4 Å². The van der Waals surface area contributed by atoms with Crippen molar-refractivity contribution in [2.75, 3.05) is 0 Å². The second kappa shape index (κ2) is 5.05. The maximum Gasteiger partial charge on any atom is 0.128 e. The average molecular weight is 303 g/mol. The van der Waals surface area contributed by atoms with Crippen LogP contribution >= 0.6 is 15.9 Å². The normalized spacial score (nSPS) is 26.2. The van der Waals surface area contributed by atoms with Crippen molar-refractivity contribution in [3.05, 3.63) is 34.9 Å². The molecule has 1 aromatic rings. The second-order valence-corrected chi connectivity index (χ2v) is 6.08. The largest absolute Gasteiger partial charge is 0.207 e. The van der Waals surface area contributed by atoms with Gasteiger partial charge in [0.25, 0.3) is 0 Å². The molecule has 0 nitrogen and oxygen atoms in total. The smallest absolute Gasteiger partial charge is 0.128 e. The highest BCUT2D eigenvalue weighted by Gasteiger charge is 2.32. The molecule has 94 valence electrons. The van der Waals surface area contributed by atoms with Crippen molar-refractivity contribution in [1.82, 2.24) is 0 Å². The Kier molecular flexibility index (Phi) is 3.86. The van der Waals surface area contributed by atoms with Gasteiger partial charge in [-0.25, -0.2) is 8.78 Å². The summed E-state index contributed by atoms with van der Waals surface area (Å²) in [4.78, 5) is -0.0740. The van der Waals surface area contributed by atoms with Crippen LogP contribution in [0.4, 0.5) is 8.78 Å². The highest BCUT2D eigenvalue weighted by Crippen LogP contribution is 2.45. The minimum Gasteiger partial charge on any atom is -0.207 e. The predicted octanol–water partition coefficient (Wildman–Crippen LogP) is 5.15. The van der Waals surface area contributed by atoms with Crippen LogP contribution in [0.2, 0.25) is 0 Å². The second-order valence-electron chi connectivity index (χ2n) is 5.10. The average Bonchev–Trinajstić information content (AvgIpc) is 2.69. The molecule has 1 aliphatic rings. The van der Waals surface area contributed by atoms with E-state index in [1.165, 1.54) is 25.0 Å². The lowest BCUT2D eigenvalue weighted by atomic mass is 9.90. The van der Waals surface area contributed by atoms with Gasteiger partial charge >= 0.3 is 0 Å². The molecular weight excluding hydrogens is 286 g/mol. The summed E-state index contributed by atoms with van der Waals surface area (Å²) in [7, 11) is 0. The molecule has 0 aliphatic heterocycles. The van der Waals surface area contributed by atoms with E-state index in [1.807, 2.05) is 0 Å². The lowest BCUT2D eigenvalue weighted by molar-refractivity contribution is 0.406. The molecule has 3 heteroatoms. The van der Waals surface area contributed by atoms with Crippen molar-refractivity contribution >= 4 is 15.9 Å². The maximum atomic E-state index is 13.9. The van der Waals surface area contributed by atoms with E-state index in [9.17, 15) is 8.78 Å². The molecule has 0 heterocycles. The number of hydrogen-bond acceptors (Lipinski definition) is 0. The van der Waals surface area contributed by atoms with Crippen LogP contribution in [0, 0.1) is 30.4 Å². The number of benzene rings is 1. The molecule has 1 aliphatic carbocycles. The minimum absolute atomic E-state index is 0.0740. The molecule has 0 aromatic heterocycles. The molecular formula is C14H17BrF2. The SMILES string of the molecule is Cc1cc(F)c(C(Br)C2CCCC2C)cc1F. The van der Waals surface area contributed by atoms with Gasteiger partial charge in [-0.1, -0.05) is 35.7 Å². The Morgan fingerprint density at radius 2 is 1.94 bits per heavy atom.